The van der Waals surface area contributed by atoms with Crippen molar-refractivity contribution in [3.63, 3.8) is 0 Å². The predicted molar refractivity (Wildman–Crippen MR) is 69.3 cm³/mol. The minimum absolute atomic E-state index is 0.0433. The Labute approximate surface area is 109 Å². The first-order valence-corrected chi connectivity index (χ1v) is 6.79. The zero-order valence-corrected chi connectivity index (χ0v) is 11.3. The number of carbonyl (C=O) groups excluding carboxylic acids is 1. The van der Waals surface area contributed by atoms with Crippen LogP contribution in [0.1, 0.15) is 39.5 Å². The molecule has 1 amide bonds. The summed E-state index contributed by atoms with van der Waals surface area (Å²) in [5.41, 5.74) is 0. The standard InChI is InChI=1S/C13H24N2O3/c1-3-10(2)12(13(17)18)14-11(16)6-9-15-7-4-5-8-15/h10,12H,3-9H2,1-2H3,(H,14,16)(H,17,18)/t10-,12-/m0/s1. The summed E-state index contributed by atoms with van der Waals surface area (Å²) < 4.78 is 0. The van der Waals surface area contributed by atoms with Crippen LogP contribution in [0.15, 0.2) is 0 Å². The molecule has 0 aromatic carbocycles. The van der Waals surface area contributed by atoms with Crippen molar-refractivity contribution in [2.75, 3.05) is 19.6 Å². The molecule has 0 unspecified atom stereocenters. The number of rotatable bonds is 7. The fourth-order valence-electron chi connectivity index (χ4n) is 2.19. The number of nitrogens with zero attached hydrogens (tertiary/aromatic N) is 1. The predicted octanol–water partition coefficient (Wildman–Crippen LogP) is 1.09. The molecule has 5 nitrogen and oxygen atoms in total. The SMILES string of the molecule is CC[C@H](C)[C@H](NC(=O)CCN1CCCC1)C(=O)O. The Hall–Kier alpha value is -1.10. The van der Waals surface area contributed by atoms with Crippen LogP contribution >= 0.6 is 0 Å². The average molecular weight is 256 g/mol. The summed E-state index contributed by atoms with van der Waals surface area (Å²) in [6, 6.07) is -0.763. The quantitative estimate of drug-likeness (QED) is 0.715. The van der Waals surface area contributed by atoms with Gasteiger partial charge in [-0.25, -0.2) is 4.79 Å². The number of amides is 1. The lowest BCUT2D eigenvalue weighted by Gasteiger charge is -2.21. The minimum Gasteiger partial charge on any atom is -0.480 e. The Bertz CT molecular complexity index is 288. The molecule has 104 valence electrons. The van der Waals surface area contributed by atoms with Gasteiger partial charge in [0, 0.05) is 13.0 Å². The van der Waals surface area contributed by atoms with E-state index in [2.05, 4.69) is 10.2 Å². The molecule has 1 heterocycles. The van der Waals surface area contributed by atoms with E-state index in [1.54, 1.807) is 0 Å². The molecule has 2 atom stereocenters. The summed E-state index contributed by atoms with van der Waals surface area (Å²) in [7, 11) is 0. The van der Waals surface area contributed by atoms with Gasteiger partial charge in [-0.2, -0.15) is 0 Å². The van der Waals surface area contributed by atoms with Gasteiger partial charge in [0.05, 0.1) is 0 Å². The molecule has 0 aliphatic carbocycles. The van der Waals surface area contributed by atoms with Gasteiger partial charge in [0.25, 0.3) is 0 Å². The van der Waals surface area contributed by atoms with Crippen LogP contribution in [0.5, 0.6) is 0 Å². The molecule has 1 rings (SSSR count). The lowest BCUT2D eigenvalue weighted by Crippen LogP contribution is -2.45. The van der Waals surface area contributed by atoms with Gasteiger partial charge >= 0.3 is 5.97 Å². The van der Waals surface area contributed by atoms with Crippen molar-refractivity contribution in [1.29, 1.82) is 0 Å². The van der Waals surface area contributed by atoms with Crippen molar-refractivity contribution in [2.24, 2.45) is 5.92 Å². The lowest BCUT2D eigenvalue weighted by atomic mass is 9.99. The molecule has 1 aliphatic heterocycles. The molecular formula is C13H24N2O3. The highest BCUT2D eigenvalue weighted by molar-refractivity contribution is 5.83. The van der Waals surface area contributed by atoms with Gasteiger partial charge in [0.1, 0.15) is 6.04 Å². The van der Waals surface area contributed by atoms with Crippen LogP contribution in [0.4, 0.5) is 0 Å². The second-order valence-electron chi connectivity index (χ2n) is 5.07. The third kappa shape index (κ3) is 4.64. The Balaban J connectivity index is 2.33. The molecule has 1 saturated heterocycles. The Morgan fingerprint density at radius 2 is 1.94 bits per heavy atom. The monoisotopic (exact) mass is 256 g/mol. The molecule has 2 N–H and O–H groups in total. The maximum atomic E-state index is 11.7. The van der Waals surface area contributed by atoms with E-state index < -0.39 is 12.0 Å². The highest BCUT2D eigenvalue weighted by Gasteiger charge is 2.25. The maximum absolute atomic E-state index is 11.7. The van der Waals surface area contributed by atoms with Crippen LogP contribution in [0.25, 0.3) is 0 Å². The number of carbonyl (C=O) groups is 2. The zero-order valence-electron chi connectivity index (χ0n) is 11.3. The molecule has 1 fully saturated rings. The van der Waals surface area contributed by atoms with Gasteiger partial charge in [0.2, 0.25) is 5.91 Å². The third-order valence-corrected chi connectivity index (χ3v) is 3.65. The topological polar surface area (TPSA) is 69.6 Å². The summed E-state index contributed by atoms with van der Waals surface area (Å²) in [5, 5.41) is 11.7. The number of carboxylic acid groups (broad SMARTS) is 1. The Morgan fingerprint density at radius 1 is 1.33 bits per heavy atom. The molecule has 18 heavy (non-hydrogen) atoms. The van der Waals surface area contributed by atoms with Gasteiger partial charge in [-0.05, 0) is 31.8 Å². The number of hydrogen-bond donors (Lipinski definition) is 2. The molecule has 1 aliphatic rings. The second kappa shape index (κ2) is 7.36. The van der Waals surface area contributed by atoms with Gasteiger partial charge in [-0.3, -0.25) is 4.79 Å². The number of carboxylic acids is 1. The second-order valence-corrected chi connectivity index (χ2v) is 5.07. The van der Waals surface area contributed by atoms with Crippen molar-refractivity contribution in [1.82, 2.24) is 10.2 Å². The summed E-state index contributed by atoms with van der Waals surface area (Å²) >= 11 is 0. The zero-order chi connectivity index (χ0) is 13.5. The van der Waals surface area contributed by atoms with Crippen LogP contribution in [0, 0.1) is 5.92 Å². The third-order valence-electron chi connectivity index (χ3n) is 3.65. The number of aliphatic carboxylic acids is 1. The fourth-order valence-corrected chi connectivity index (χ4v) is 2.19. The van der Waals surface area contributed by atoms with Crippen molar-refractivity contribution < 1.29 is 14.7 Å². The first-order valence-electron chi connectivity index (χ1n) is 6.79. The first-order chi connectivity index (χ1) is 8.54. The van der Waals surface area contributed by atoms with E-state index in [4.69, 9.17) is 5.11 Å². The maximum Gasteiger partial charge on any atom is 0.326 e. The largest absolute Gasteiger partial charge is 0.480 e. The molecular weight excluding hydrogens is 232 g/mol. The normalized spacial score (nSPS) is 19.4. The first kappa shape index (κ1) is 15.0. The number of likely N-dealkylation sites (tertiary alicyclic amines) is 1. The van der Waals surface area contributed by atoms with Gasteiger partial charge in [0.15, 0.2) is 0 Å². The molecule has 0 aromatic heterocycles. The van der Waals surface area contributed by atoms with E-state index in [1.165, 1.54) is 12.8 Å². The van der Waals surface area contributed by atoms with Gasteiger partial charge in [-0.1, -0.05) is 20.3 Å². The van der Waals surface area contributed by atoms with E-state index >= 15 is 0 Å². The highest BCUT2D eigenvalue weighted by Crippen LogP contribution is 2.09. The molecule has 0 aromatic rings. The molecule has 0 saturated carbocycles. The van der Waals surface area contributed by atoms with Gasteiger partial charge < -0.3 is 15.3 Å². The van der Waals surface area contributed by atoms with E-state index in [0.717, 1.165) is 26.1 Å². The van der Waals surface area contributed by atoms with Crippen LogP contribution in [-0.2, 0) is 9.59 Å². The molecule has 0 bridgehead atoms. The number of hydrogen-bond acceptors (Lipinski definition) is 3. The molecule has 5 heteroatoms. The molecule has 0 spiro atoms. The van der Waals surface area contributed by atoms with E-state index in [9.17, 15) is 9.59 Å². The summed E-state index contributed by atoms with van der Waals surface area (Å²) in [6.07, 6.45) is 3.53. The average Bonchev–Trinajstić information content (AvgIpc) is 2.85. The van der Waals surface area contributed by atoms with E-state index in [0.29, 0.717) is 6.42 Å². The van der Waals surface area contributed by atoms with Crippen LogP contribution in [0.3, 0.4) is 0 Å². The highest BCUT2D eigenvalue weighted by atomic mass is 16.4. The smallest absolute Gasteiger partial charge is 0.326 e. The van der Waals surface area contributed by atoms with Crippen molar-refractivity contribution in [2.45, 2.75) is 45.6 Å². The van der Waals surface area contributed by atoms with E-state index in [-0.39, 0.29) is 11.8 Å². The summed E-state index contributed by atoms with van der Waals surface area (Å²) in [5.74, 6) is -1.15. The van der Waals surface area contributed by atoms with Crippen LogP contribution < -0.4 is 5.32 Å². The van der Waals surface area contributed by atoms with E-state index in [1.807, 2.05) is 13.8 Å². The van der Waals surface area contributed by atoms with Crippen molar-refractivity contribution >= 4 is 11.9 Å². The summed E-state index contributed by atoms with van der Waals surface area (Å²) in [6.45, 7) is 6.62. The fraction of sp³-hybridized carbons (Fsp3) is 0.846. The van der Waals surface area contributed by atoms with Crippen molar-refractivity contribution in [3.05, 3.63) is 0 Å². The Kier molecular flexibility index (Phi) is 6.12. The van der Waals surface area contributed by atoms with Crippen LogP contribution in [-0.4, -0.2) is 47.6 Å². The number of nitrogens with one attached hydrogen (secondary N) is 1. The minimum atomic E-state index is -0.945. The van der Waals surface area contributed by atoms with Gasteiger partial charge in [-0.15, -0.1) is 0 Å². The van der Waals surface area contributed by atoms with Crippen molar-refractivity contribution in [3.8, 4) is 0 Å². The van der Waals surface area contributed by atoms with Crippen LogP contribution in [0.2, 0.25) is 0 Å². The Morgan fingerprint density at radius 3 is 2.44 bits per heavy atom. The lowest BCUT2D eigenvalue weighted by molar-refractivity contribution is -0.143. The summed E-state index contributed by atoms with van der Waals surface area (Å²) in [4.78, 5) is 25.1. The molecule has 0 radical (unpaired) electrons.